The van der Waals surface area contributed by atoms with Crippen LogP contribution in [0.1, 0.15) is 32.8 Å². The fourth-order valence-electron chi connectivity index (χ4n) is 2.72. The van der Waals surface area contributed by atoms with E-state index in [1.54, 1.807) is 32.9 Å². The summed E-state index contributed by atoms with van der Waals surface area (Å²) < 4.78 is 48.5. The second-order valence-electron chi connectivity index (χ2n) is 5.08. The average Bonchev–Trinajstić information content (AvgIpc) is 2.89. The SMILES string of the molecule is CCOP1(=O)CCC(c2ccccc2)(P(=O)(OCC)OCC)O1. The summed E-state index contributed by atoms with van der Waals surface area (Å²) in [5, 5.41) is -1.40. The van der Waals surface area contributed by atoms with Crippen molar-refractivity contribution in [2.24, 2.45) is 0 Å². The molecule has 0 spiro atoms. The van der Waals surface area contributed by atoms with Crippen LogP contribution in [-0.4, -0.2) is 26.0 Å². The van der Waals surface area contributed by atoms with Crippen LogP contribution in [0.4, 0.5) is 0 Å². The van der Waals surface area contributed by atoms with Crippen LogP contribution in [0.15, 0.2) is 30.3 Å². The predicted molar refractivity (Wildman–Crippen MR) is 88.8 cm³/mol. The van der Waals surface area contributed by atoms with Crippen molar-refractivity contribution in [3.8, 4) is 0 Å². The van der Waals surface area contributed by atoms with Gasteiger partial charge in [-0.1, -0.05) is 30.3 Å². The van der Waals surface area contributed by atoms with E-state index in [2.05, 4.69) is 0 Å². The summed E-state index contributed by atoms with van der Waals surface area (Å²) >= 11 is 0. The van der Waals surface area contributed by atoms with Gasteiger partial charge in [-0.2, -0.15) is 0 Å². The highest BCUT2D eigenvalue weighted by Crippen LogP contribution is 2.76. The number of benzene rings is 1. The Bertz CT molecular complexity index is 595. The molecule has 0 bridgehead atoms. The van der Waals surface area contributed by atoms with Crippen LogP contribution in [-0.2, 0) is 32.6 Å². The van der Waals surface area contributed by atoms with E-state index in [-0.39, 0.29) is 32.4 Å². The van der Waals surface area contributed by atoms with Crippen molar-refractivity contribution in [3.05, 3.63) is 35.9 Å². The first-order valence-electron chi connectivity index (χ1n) is 7.84. The first-order valence-corrected chi connectivity index (χ1v) is 11.1. The van der Waals surface area contributed by atoms with Gasteiger partial charge >= 0.3 is 15.2 Å². The Kier molecular flexibility index (Phi) is 6.23. The summed E-state index contributed by atoms with van der Waals surface area (Å²) in [6.07, 6.45) is 0.436. The minimum atomic E-state index is -3.70. The van der Waals surface area contributed by atoms with Crippen LogP contribution in [0, 0.1) is 0 Å². The standard InChI is InChI=1S/C15H24O6P2/c1-4-18-22(16)13-12-15(21-22,14-10-8-7-9-11-14)23(17,19-5-2)20-6-3/h7-11H,4-6,12-13H2,1-3H3. The van der Waals surface area contributed by atoms with Crippen LogP contribution in [0.25, 0.3) is 0 Å². The van der Waals surface area contributed by atoms with Gasteiger partial charge in [-0.25, -0.2) is 0 Å². The Hall–Kier alpha value is -0.480. The lowest BCUT2D eigenvalue weighted by molar-refractivity contribution is 0.0877. The van der Waals surface area contributed by atoms with E-state index in [1.807, 2.05) is 18.2 Å². The highest BCUT2D eigenvalue weighted by molar-refractivity contribution is 7.58. The summed E-state index contributed by atoms with van der Waals surface area (Å²) in [7, 11) is -7.03. The molecule has 0 aromatic heterocycles. The van der Waals surface area contributed by atoms with Crippen molar-refractivity contribution in [1.29, 1.82) is 0 Å². The van der Waals surface area contributed by atoms with Gasteiger partial charge in [0.25, 0.3) is 0 Å². The molecule has 1 aliphatic rings. The zero-order chi connectivity index (χ0) is 17.0. The summed E-state index contributed by atoms with van der Waals surface area (Å²) in [5.74, 6) is 0. The fourth-order valence-corrected chi connectivity index (χ4v) is 7.61. The summed E-state index contributed by atoms with van der Waals surface area (Å²) in [4.78, 5) is 0. The summed E-state index contributed by atoms with van der Waals surface area (Å²) in [6.45, 7) is 5.89. The molecular weight excluding hydrogens is 338 g/mol. The van der Waals surface area contributed by atoms with E-state index in [0.29, 0.717) is 5.56 Å². The van der Waals surface area contributed by atoms with Crippen LogP contribution < -0.4 is 0 Å². The third-order valence-corrected chi connectivity index (χ3v) is 8.42. The molecule has 0 aliphatic carbocycles. The van der Waals surface area contributed by atoms with Gasteiger partial charge in [-0.15, -0.1) is 0 Å². The van der Waals surface area contributed by atoms with Crippen molar-refractivity contribution in [2.45, 2.75) is 32.5 Å². The fraction of sp³-hybridized carbons (Fsp3) is 0.600. The lowest BCUT2D eigenvalue weighted by Crippen LogP contribution is -2.27. The van der Waals surface area contributed by atoms with Gasteiger partial charge in [0, 0.05) is 6.42 Å². The molecule has 8 heteroatoms. The molecule has 2 atom stereocenters. The number of hydrogen-bond acceptors (Lipinski definition) is 6. The first kappa shape index (κ1) is 18.9. The molecule has 1 heterocycles. The third kappa shape index (κ3) is 3.63. The van der Waals surface area contributed by atoms with Crippen LogP contribution in [0.2, 0.25) is 0 Å². The molecule has 1 aliphatic heterocycles. The van der Waals surface area contributed by atoms with Gasteiger partial charge in [-0.05, 0) is 26.3 Å². The minimum absolute atomic E-state index is 0.180. The molecule has 1 saturated heterocycles. The summed E-state index contributed by atoms with van der Waals surface area (Å²) in [6, 6.07) is 9.04. The Morgan fingerprint density at radius 1 is 1.13 bits per heavy atom. The van der Waals surface area contributed by atoms with Gasteiger partial charge in [0.2, 0.25) is 5.34 Å². The maximum atomic E-state index is 13.5. The molecule has 1 aromatic carbocycles. The van der Waals surface area contributed by atoms with Gasteiger partial charge in [0.15, 0.2) is 0 Å². The van der Waals surface area contributed by atoms with Gasteiger partial charge in [0.05, 0.1) is 26.0 Å². The van der Waals surface area contributed by atoms with E-state index in [9.17, 15) is 9.13 Å². The average molecular weight is 362 g/mol. The molecule has 2 rings (SSSR count). The Labute approximate surface area is 137 Å². The van der Waals surface area contributed by atoms with Crippen LogP contribution in [0.5, 0.6) is 0 Å². The smallest absolute Gasteiger partial charge is 0.309 e. The number of hydrogen-bond donors (Lipinski definition) is 0. The topological polar surface area (TPSA) is 71.1 Å². The van der Waals surface area contributed by atoms with Crippen molar-refractivity contribution < 1.29 is 27.2 Å². The predicted octanol–water partition coefficient (Wildman–Crippen LogP) is 4.76. The Balaban J connectivity index is 2.53. The van der Waals surface area contributed by atoms with Crippen LogP contribution in [0.3, 0.4) is 0 Å². The minimum Gasteiger partial charge on any atom is -0.309 e. The van der Waals surface area contributed by atoms with Crippen molar-refractivity contribution in [2.75, 3.05) is 26.0 Å². The lowest BCUT2D eigenvalue weighted by atomic mass is 10.1. The molecule has 1 aromatic rings. The van der Waals surface area contributed by atoms with E-state index < -0.39 is 20.5 Å². The quantitative estimate of drug-likeness (QED) is 0.621. The molecule has 0 amide bonds. The van der Waals surface area contributed by atoms with Crippen molar-refractivity contribution in [1.82, 2.24) is 0 Å². The first-order chi connectivity index (χ1) is 11.0. The molecule has 2 unspecified atom stereocenters. The lowest BCUT2D eigenvalue weighted by Gasteiger charge is -2.35. The summed E-state index contributed by atoms with van der Waals surface area (Å²) in [5.41, 5.74) is 0.627. The maximum Gasteiger partial charge on any atom is 0.367 e. The maximum absolute atomic E-state index is 13.5. The van der Waals surface area contributed by atoms with E-state index in [0.717, 1.165) is 0 Å². The van der Waals surface area contributed by atoms with Gasteiger partial charge in [-0.3, -0.25) is 13.7 Å². The molecule has 0 N–H and O–H groups in total. The molecular formula is C15H24O6P2. The monoisotopic (exact) mass is 362 g/mol. The molecule has 0 radical (unpaired) electrons. The highest BCUT2D eigenvalue weighted by atomic mass is 31.2. The largest absolute Gasteiger partial charge is 0.367 e. The third-order valence-electron chi connectivity index (χ3n) is 3.61. The van der Waals surface area contributed by atoms with E-state index in [1.165, 1.54) is 0 Å². The van der Waals surface area contributed by atoms with E-state index >= 15 is 0 Å². The molecule has 23 heavy (non-hydrogen) atoms. The van der Waals surface area contributed by atoms with Gasteiger partial charge < -0.3 is 13.6 Å². The van der Waals surface area contributed by atoms with E-state index in [4.69, 9.17) is 18.1 Å². The molecule has 0 saturated carbocycles. The zero-order valence-corrected chi connectivity index (χ0v) is 15.6. The second-order valence-corrected chi connectivity index (χ2v) is 9.42. The number of rotatable bonds is 8. The Morgan fingerprint density at radius 3 is 2.26 bits per heavy atom. The van der Waals surface area contributed by atoms with Crippen molar-refractivity contribution >= 4 is 15.2 Å². The zero-order valence-electron chi connectivity index (χ0n) is 13.8. The Morgan fingerprint density at radius 2 is 1.74 bits per heavy atom. The van der Waals surface area contributed by atoms with Crippen LogP contribution >= 0.6 is 15.2 Å². The molecule has 1 fully saturated rings. The van der Waals surface area contributed by atoms with Gasteiger partial charge in [0.1, 0.15) is 0 Å². The highest BCUT2D eigenvalue weighted by Gasteiger charge is 2.61. The molecule has 130 valence electrons. The van der Waals surface area contributed by atoms with Crippen molar-refractivity contribution in [3.63, 3.8) is 0 Å². The molecule has 6 nitrogen and oxygen atoms in total. The second kappa shape index (κ2) is 7.60. The normalized spacial score (nSPS) is 28.1.